The number of hydrogen-bond acceptors (Lipinski definition) is 6. The van der Waals surface area contributed by atoms with Crippen LogP contribution >= 0.6 is 11.3 Å². The summed E-state index contributed by atoms with van der Waals surface area (Å²) in [5.41, 5.74) is 16.4. The zero-order chi connectivity index (χ0) is 22.1. The fourth-order valence-electron chi connectivity index (χ4n) is 5.25. The molecule has 1 unspecified atom stereocenters. The second-order valence-corrected chi connectivity index (χ2v) is 10.3. The second kappa shape index (κ2) is 9.51. The number of thiophene rings is 1. The molecule has 0 bridgehead atoms. The fraction of sp³-hybridized carbons (Fsp3) is 0.560. The monoisotopic (exact) mass is 450 g/mol. The highest BCUT2D eigenvalue weighted by molar-refractivity contribution is 7.16. The largest absolute Gasteiger partial charge is 0.369 e. The average molecular weight is 451 g/mol. The highest BCUT2D eigenvalue weighted by Gasteiger charge is 2.31. The van der Waals surface area contributed by atoms with Gasteiger partial charge in [-0.05, 0) is 50.0 Å². The number of benzene rings is 1. The Bertz CT molecular complexity index is 961. The van der Waals surface area contributed by atoms with Crippen molar-refractivity contribution in [3.8, 4) is 0 Å². The number of anilines is 1. The van der Waals surface area contributed by atoms with Crippen LogP contribution in [0.25, 0.3) is 0 Å². The molecule has 4 heterocycles. The minimum absolute atomic E-state index is 0.548. The van der Waals surface area contributed by atoms with Crippen LogP contribution in [0.5, 0.6) is 0 Å². The van der Waals surface area contributed by atoms with Crippen LogP contribution in [0, 0.1) is 0 Å². The third kappa shape index (κ3) is 4.31. The maximum Gasteiger partial charge on any atom is 0.144 e. The second-order valence-electron chi connectivity index (χ2n) is 9.23. The summed E-state index contributed by atoms with van der Waals surface area (Å²) >= 11 is 1.76. The summed E-state index contributed by atoms with van der Waals surface area (Å²) in [7, 11) is 2.16. The smallest absolute Gasteiger partial charge is 0.144 e. The third-order valence-corrected chi connectivity index (χ3v) is 8.28. The van der Waals surface area contributed by atoms with Crippen molar-refractivity contribution in [1.29, 1.82) is 0 Å². The molecule has 0 aliphatic carbocycles. The molecule has 0 N–H and O–H groups in total. The summed E-state index contributed by atoms with van der Waals surface area (Å²) in [4.78, 5) is 15.6. The molecular formula is C25H34N6S. The van der Waals surface area contributed by atoms with E-state index in [9.17, 15) is 5.73 Å². The standard InChI is InChI=1S/C25H34N6S/c1-3-19-7-4-5-8-21(19)30-15-13-29(14-16-30)10-6-11-31-18-27-25-23(24(31)26)20-9-12-28(2)17-22(20)32-25/h4-5,7-8,18,24H,3,6,9-17H2,1-2H3. The van der Waals surface area contributed by atoms with E-state index in [1.54, 1.807) is 11.3 Å². The summed E-state index contributed by atoms with van der Waals surface area (Å²) in [5, 5.41) is 1.01. The van der Waals surface area contributed by atoms with Gasteiger partial charge in [-0.3, -0.25) is 4.90 Å². The summed E-state index contributed by atoms with van der Waals surface area (Å²) in [5.74, 6) is 0. The van der Waals surface area contributed by atoms with Crippen LogP contribution in [-0.2, 0) is 19.4 Å². The molecule has 1 aromatic carbocycles. The molecule has 0 spiro atoms. The van der Waals surface area contributed by atoms with E-state index in [1.807, 2.05) is 11.2 Å². The van der Waals surface area contributed by atoms with E-state index in [1.165, 1.54) is 21.7 Å². The Labute approximate surface area is 196 Å². The van der Waals surface area contributed by atoms with Crippen molar-refractivity contribution >= 4 is 28.4 Å². The van der Waals surface area contributed by atoms with Gasteiger partial charge in [-0.1, -0.05) is 25.1 Å². The van der Waals surface area contributed by atoms with Gasteiger partial charge in [0.2, 0.25) is 0 Å². The summed E-state index contributed by atoms with van der Waals surface area (Å²) < 4.78 is 0. The zero-order valence-corrected chi connectivity index (χ0v) is 20.2. The average Bonchev–Trinajstić information content (AvgIpc) is 3.19. The van der Waals surface area contributed by atoms with Gasteiger partial charge < -0.3 is 14.7 Å². The first-order valence-electron chi connectivity index (χ1n) is 12.0. The maximum atomic E-state index is 11.1. The predicted molar refractivity (Wildman–Crippen MR) is 133 cm³/mol. The molecule has 3 aliphatic rings. The molecule has 6 nitrogen and oxygen atoms in total. The van der Waals surface area contributed by atoms with E-state index in [0.717, 1.165) is 82.2 Å². The number of hydrogen-bond donors (Lipinski definition) is 0. The Morgan fingerprint density at radius 1 is 1.09 bits per heavy atom. The van der Waals surface area contributed by atoms with Gasteiger partial charge in [-0.15, -0.1) is 17.1 Å². The lowest BCUT2D eigenvalue weighted by Gasteiger charge is -2.37. The van der Waals surface area contributed by atoms with Crippen molar-refractivity contribution in [2.45, 2.75) is 38.9 Å². The Balaban J connectivity index is 1.12. The van der Waals surface area contributed by atoms with E-state index in [4.69, 9.17) is 4.99 Å². The van der Waals surface area contributed by atoms with Crippen molar-refractivity contribution in [3.05, 3.63) is 45.8 Å². The minimum Gasteiger partial charge on any atom is -0.369 e. The molecule has 7 heteroatoms. The first-order chi connectivity index (χ1) is 15.6. The van der Waals surface area contributed by atoms with Gasteiger partial charge in [0.15, 0.2) is 0 Å². The minimum atomic E-state index is -0.548. The number of nitrogens with zero attached hydrogens (tertiary/aromatic N) is 6. The number of aryl methyl sites for hydroxylation is 1. The number of likely N-dealkylation sites (N-methyl/N-ethyl adjacent to an activating group) is 1. The number of piperazine rings is 1. The van der Waals surface area contributed by atoms with Crippen LogP contribution in [0.4, 0.5) is 10.7 Å². The Kier molecular flexibility index (Phi) is 6.51. The molecule has 2 radical (unpaired) electrons. The van der Waals surface area contributed by atoms with E-state index in [0.29, 0.717) is 0 Å². The Morgan fingerprint density at radius 3 is 2.72 bits per heavy atom. The SMILES string of the molecule is CCc1ccccc1N1CCN(CCCN2C=Nc3sc4c(c3C2[N])CCN(C)C4)CC1. The van der Waals surface area contributed by atoms with Gasteiger partial charge in [-0.25, -0.2) is 4.99 Å². The predicted octanol–water partition coefficient (Wildman–Crippen LogP) is 3.55. The fourth-order valence-corrected chi connectivity index (χ4v) is 6.54. The van der Waals surface area contributed by atoms with Crippen LogP contribution in [0.15, 0.2) is 29.3 Å². The summed E-state index contributed by atoms with van der Waals surface area (Å²) in [6, 6.07) is 8.81. The van der Waals surface area contributed by atoms with Crippen molar-refractivity contribution in [1.82, 2.24) is 20.4 Å². The lowest BCUT2D eigenvalue weighted by Crippen LogP contribution is -2.47. The first-order valence-corrected chi connectivity index (χ1v) is 12.8. The topological polar surface area (TPSA) is 47.6 Å². The number of aliphatic imine (C=N–C) groups is 1. The molecule has 0 saturated carbocycles. The van der Waals surface area contributed by atoms with E-state index < -0.39 is 6.17 Å². The quantitative estimate of drug-likeness (QED) is 0.675. The molecule has 1 fully saturated rings. The Hall–Kier alpha value is -1.93. The van der Waals surface area contributed by atoms with Crippen LogP contribution in [-0.4, -0.2) is 73.9 Å². The lowest BCUT2D eigenvalue weighted by atomic mass is 10.00. The molecule has 1 aromatic heterocycles. The summed E-state index contributed by atoms with van der Waals surface area (Å²) in [6.07, 6.45) is 4.45. The van der Waals surface area contributed by atoms with Crippen molar-refractivity contribution in [3.63, 3.8) is 0 Å². The van der Waals surface area contributed by atoms with Gasteiger partial charge in [0, 0.05) is 61.9 Å². The Morgan fingerprint density at radius 2 is 1.91 bits per heavy atom. The number of rotatable bonds is 6. The van der Waals surface area contributed by atoms with Gasteiger partial charge >= 0.3 is 0 Å². The van der Waals surface area contributed by atoms with Crippen molar-refractivity contribution < 1.29 is 0 Å². The van der Waals surface area contributed by atoms with Crippen LogP contribution in [0.1, 0.15) is 41.1 Å². The van der Waals surface area contributed by atoms with E-state index in [-0.39, 0.29) is 0 Å². The third-order valence-electron chi connectivity index (χ3n) is 7.14. The van der Waals surface area contributed by atoms with Crippen LogP contribution < -0.4 is 10.6 Å². The number of fused-ring (bicyclic) bond motifs is 3. The molecule has 2 aromatic rings. The molecule has 32 heavy (non-hydrogen) atoms. The van der Waals surface area contributed by atoms with Gasteiger partial charge in [0.1, 0.15) is 11.2 Å². The molecule has 1 saturated heterocycles. The first kappa shape index (κ1) is 21.9. The van der Waals surface area contributed by atoms with Gasteiger partial charge in [-0.2, -0.15) is 0 Å². The molecule has 1 atom stereocenters. The molecule has 0 amide bonds. The maximum absolute atomic E-state index is 11.1. The molecule has 3 aliphatic heterocycles. The van der Waals surface area contributed by atoms with Crippen molar-refractivity contribution in [2.75, 3.05) is 57.8 Å². The number of para-hydroxylation sites is 1. The van der Waals surface area contributed by atoms with Crippen molar-refractivity contribution in [2.24, 2.45) is 4.99 Å². The normalized spacial score (nSPS) is 21.7. The lowest BCUT2D eigenvalue weighted by molar-refractivity contribution is 0.233. The summed E-state index contributed by atoms with van der Waals surface area (Å²) in [6.45, 7) is 10.6. The van der Waals surface area contributed by atoms with Gasteiger partial charge in [0.05, 0.1) is 6.34 Å². The van der Waals surface area contributed by atoms with E-state index >= 15 is 0 Å². The highest BCUT2D eigenvalue weighted by atomic mass is 32.1. The molecular weight excluding hydrogens is 416 g/mol. The highest BCUT2D eigenvalue weighted by Crippen LogP contribution is 2.44. The zero-order valence-electron chi connectivity index (χ0n) is 19.3. The van der Waals surface area contributed by atoms with E-state index in [2.05, 4.69) is 52.9 Å². The van der Waals surface area contributed by atoms with Crippen LogP contribution in [0.2, 0.25) is 0 Å². The van der Waals surface area contributed by atoms with Crippen LogP contribution in [0.3, 0.4) is 0 Å². The van der Waals surface area contributed by atoms with Gasteiger partial charge in [0.25, 0.3) is 0 Å². The molecule has 170 valence electrons. The molecule has 5 rings (SSSR count).